The molecule has 5 heteroatoms. The Hall–Kier alpha value is -1.62. The van der Waals surface area contributed by atoms with Crippen LogP contribution in [-0.4, -0.2) is 20.6 Å². The molecule has 3 rings (SSSR count). The summed E-state index contributed by atoms with van der Waals surface area (Å²) in [6.07, 6.45) is 2.87. The van der Waals surface area contributed by atoms with Gasteiger partial charge in [-0.1, -0.05) is 13.0 Å². The Bertz CT molecular complexity index is 601. The lowest BCUT2D eigenvalue weighted by atomic mass is 9.96. The molecule has 1 aliphatic rings. The second kappa shape index (κ2) is 4.81. The molecule has 19 heavy (non-hydrogen) atoms. The lowest BCUT2D eigenvalue weighted by Gasteiger charge is -2.22. The largest absolute Gasteiger partial charge is 0.476 e. The van der Waals surface area contributed by atoms with Crippen LogP contribution in [0.3, 0.4) is 0 Å². The van der Waals surface area contributed by atoms with Crippen LogP contribution in [0.5, 0.6) is 0 Å². The number of imidazole rings is 1. The van der Waals surface area contributed by atoms with E-state index in [0.717, 1.165) is 37.3 Å². The number of nitrogens with zero attached hydrogens (tertiary/aromatic N) is 2. The number of fused-ring (bicyclic) bond motifs is 1. The monoisotopic (exact) mass is 276 g/mol. The van der Waals surface area contributed by atoms with Gasteiger partial charge in [0, 0.05) is 17.8 Å². The summed E-state index contributed by atoms with van der Waals surface area (Å²) in [6.45, 7) is 2.98. The van der Waals surface area contributed by atoms with E-state index < -0.39 is 5.97 Å². The predicted octanol–water partition coefficient (Wildman–Crippen LogP) is 3.13. The predicted molar refractivity (Wildman–Crippen MR) is 74.0 cm³/mol. The average molecular weight is 276 g/mol. The minimum Gasteiger partial charge on any atom is -0.476 e. The molecule has 0 bridgehead atoms. The molecule has 0 amide bonds. The molecule has 1 aliphatic heterocycles. The van der Waals surface area contributed by atoms with Crippen molar-refractivity contribution >= 4 is 17.3 Å². The molecular formula is C14H16N2O2S. The van der Waals surface area contributed by atoms with Gasteiger partial charge in [0.1, 0.15) is 5.82 Å². The van der Waals surface area contributed by atoms with Gasteiger partial charge in [-0.15, -0.1) is 11.3 Å². The van der Waals surface area contributed by atoms with Crippen LogP contribution in [0.2, 0.25) is 0 Å². The summed E-state index contributed by atoms with van der Waals surface area (Å²) in [7, 11) is 0. The van der Waals surface area contributed by atoms with Gasteiger partial charge in [0.25, 0.3) is 0 Å². The molecule has 3 heterocycles. The first-order chi connectivity index (χ1) is 9.16. The maximum atomic E-state index is 11.4. The number of carbonyl (C=O) groups is 1. The second-order valence-electron chi connectivity index (χ2n) is 5.02. The number of rotatable bonds is 3. The van der Waals surface area contributed by atoms with Crippen LogP contribution in [0.15, 0.2) is 17.5 Å². The van der Waals surface area contributed by atoms with Crippen molar-refractivity contribution in [2.75, 3.05) is 0 Å². The quantitative estimate of drug-likeness (QED) is 0.937. The van der Waals surface area contributed by atoms with Crippen molar-refractivity contribution in [1.29, 1.82) is 0 Å². The number of aromatic nitrogens is 2. The average Bonchev–Trinajstić information content (AvgIpc) is 2.99. The van der Waals surface area contributed by atoms with Crippen molar-refractivity contribution in [2.45, 2.75) is 38.6 Å². The molecule has 4 nitrogen and oxygen atoms in total. The lowest BCUT2D eigenvalue weighted by molar-refractivity contribution is 0.0688. The van der Waals surface area contributed by atoms with Crippen molar-refractivity contribution < 1.29 is 9.90 Å². The summed E-state index contributed by atoms with van der Waals surface area (Å²) in [5.41, 5.74) is 1.16. The van der Waals surface area contributed by atoms with E-state index in [1.165, 1.54) is 4.88 Å². The van der Waals surface area contributed by atoms with E-state index in [1.807, 2.05) is 11.4 Å². The Kier molecular flexibility index (Phi) is 3.14. The molecule has 0 saturated heterocycles. The fourth-order valence-corrected chi connectivity index (χ4v) is 3.52. The van der Waals surface area contributed by atoms with Crippen molar-refractivity contribution in [3.05, 3.63) is 39.6 Å². The third kappa shape index (κ3) is 2.18. The summed E-state index contributed by atoms with van der Waals surface area (Å²) >= 11 is 1.69. The molecule has 0 radical (unpaired) electrons. The third-order valence-corrected chi connectivity index (χ3v) is 4.56. The number of carboxylic acids is 1. The number of thiophene rings is 1. The van der Waals surface area contributed by atoms with Crippen molar-refractivity contribution in [1.82, 2.24) is 9.55 Å². The molecule has 0 fully saturated rings. The van der Waals surface area contributed by atoms with E-state index >= 15 is 0 Å². The van der Waals surface area contributed by atoms with E-state index in [4.69, 9.17) is 0 Å². The maximum Gasteiger partial charge on any atom is 0.356 e. The van der Waals surface area contributed by atoms with Crippen LogP contribution in [0, 0.1) is 0 Å². The zero-order valence-corrected chi connectivity index (χ0v) is 11.6. The normalized spacial score (nSPS) is 18.3. The van der Waals surface area contributed by atoms with Gasteiger partial charge >= 0.3 is 5.97 Å². The Labute approximate surface area is 115 Å². The summed E-state index contributed by atoms with van der Waals surface area (Å²) in [5, 5.41) is 11.4. The van der Waals surface area contributed by atoms with Crippen molar-refractivity contribution in [3.8, 4) is 0 Å². The fraction of sp³-hybridized carbons (Fsp3) is 0.429. The van der Waals surface area contributed by atoms with Crippen LogP contribution >= 0.6 is 11.3 Å². The van der Waals surface area contributed by atoms with E-state index in [-0.39, 0.29) is 11.6 Å². The highest BCUT2D eigenvalue weighted by molar-refractivity contribution is 7.09. The van der Waals surface area contributed by atoms with Crippen LogP contribution in [0.25, 0.3) is 0 Å². The minimum absolute atomic E-state index is 0.249. The summed E-state index contributed by atoms with van der Waals surface area (Å²) in [6, 6.07) is 4.08. The van der Waals surface area contributed by atoms with Gasteiger partial charge in [-0.3, -0.25) is 0 Å². The molecule has 0 aliphatic carbocycles. The van der Waals surface area contributed by atoms with Crippen LogP contribution in [0.4, 0.5) is 0 Å². The highest BCUT2D eigenvalue weighted by Crippen LogP contribution is 2.31. The van der Waals surface area contributed by atoms with Crippen molar-refractivity contribution in [2.24, 2.45) is 0 Å². The van der Waals surface area contributed by atoms with E-state index in [2.05, 4.69) is 22.5 Å². The molecular weight excluding hydrogens is 260 g/mol. The van der Waals surface area contributed by atoms with Gasteiger partial charge in [-0.05, 0) is 30.2 Å². The van der Waals surface area contributed by atoms with Crippen LogP contribution in [-0.2, 0) is 13.0 Å². The second-order valence-corrected chi connectivity index (χ2v) is 6.05. The SMILES string of the molecule is CC1CCCn2c(Cc3cccs3)nc(C(=O)O)c21. The standard InChI is InChI=1S/C14H16N2O2S/c1-9-4-2-6-16-11(8-10-5-3-7-19-10)15-12(13(9)16)14(17)18/h3,5,7,9H,2,4,6,8H2,1H3,(H,17,18). The molecule has 0 saturated carbocycles. The molecule has 100 valence electrons. The first-order valence-electron chi connectivity index (χ1n) is 6.51. The zero-order valence-electron chi connectivity index (χ0n) is 10.8. The molecule has 2 aromatic heterocycles. The highest BCUT2D eigenvalue weighted by Gasteiger charge is 2.28. The van der Waals surface area contributed by atoms with E-state index in [9.17, 15) is 9.90 Å². The Morgan fingerprint density at radius 2 is 2.47 bits per heavy atom. The van der Waals surface area contributed by atoms with Gasteiger partial charge in [-0.2, -0.15) is 0 Å². The summed E-state index contributed by atoms with van der Waals surface area (Å²) in [4.78, 5) is 17.0. The molecule has 1 unspecified atom stereocenters. The minimum atomic E-state index is -0.907. The summed E-state index contributed by atoms with van der Waals surface area (Å²) < 4.78 is 2.12. The number of carboxylic acid groups (broad SMARTS) is 1. The molecule has 1 atom stereocenters. The molecule has 2 aromatic rings. The van der Waals surface area contributed by atoms with E-state index in [0.29, 0.717) is 0 Å². The summed E-state index contributed by atoms with van der Waals surface area (Å²) in [5.74, 6) is 0.265. The van der Waals surface area contributed by atoms with Gasteiger partial charge in [0.2, 0.25) is 0 Å². The smallest absolute Gasteiger partial charge is 0.356 e. The first kappa shape index (κ1) is 12.4. The topological polar surface area (TPSA) is 55.1 Å². The van der Waals surface area contributed by atoms with Crippen molar-refractivity contribution in [3.63, 3.8) is 0 Å². The van der Waals surface area contributed by atoms with Gasteiger partial charge in [-0.25, -0.2) is 9.78 Å². The number of hydrogen-bond acceptors (Lipinski definition) is 3. The molecule has 1 N–H and O–H groups in total. The zero-order chi connectivity index (χ0) is 13.4. The Morgan fingerprint density at radius 1 is 1.63 bits per heavy atom. The maximum absolute atomic E-state index is 11.4. The van der Waals surface area contributed by atoms with Gasteiger partial charge < -0.3 is 9.67 Å². The van der Waals surface area contributed by atoms with Crippen LogP contribution < -0.4 is 0 Å². The Balaban J connectivity index is 2.05. The highest BCUT2D eigenvalue weighted by atomic mass is 32.1. The van der Waals surface area contributed by atoms with Gasteiger partial charge in [0.05, 0.1) is 5.69 Å². The van der Waals surface area contributed by atoms with Crippen LogP contribution in [0.1, 0.15) is 52.6 Å². The van der Waals surface area contributed by atoms with E-state index in [1.54, 1.807) is 11.3 Å². The Morgan fingerprint density at radius 3 is 3.16 bits per heavy atom. The number of aromatic carboxylic acids is 1. The fourth-order valence-electron chi connectivity index (χ4n) is 2.82. The number of hydrogen-bond donors (Lipinski definition) is 1. The van der Waals surface area contributed by atoms with Gasteiger partial charge in [0.15, 0.2) is 5.69 Å². The third-order valence-electron chi connectivity index (χ3n) is 3.69. The molecule has 0 aromatic carbocycles. The molecule has 0 spiro atoms. The lowest BCUT2D eigenvalue weighted by Crippen LogP contribution is -2.17. The first-order valence-corrected chi connectivity index (χ1v) is 7.39.